The van der Waals surface area contributed by atoms with Crippen LogP contribution >= 0.6 is 11.8 Å². The van der Waals surface area contributed by atoms with Crippen molar-refractivity contribution in [2.75, 3.05) is 0 Å². The number of nitrogens with zero attached hydrogens (tertiary/aromatic N) is 6. The Morgan fingerprint density at radius 3 is 2.86 bits per heavy atom. The van der Waals surface area contributed by atoms with Crippen LogP contribution in [0.3, 0.4) is 0 Å². The molecule has 0 amide bonds. The molecule has 2 aromatic heterocycles. The number of benzene rings is 1. The molecule has 2 heterocycles. The molecule has 0 unspecified atom stereocenters. The molecule has 7 heteroatoms. The number of para-hydroxylation sites is 1. The molecule has 1 saturated carbocycles. The fourth-order valence-corrected chi connectivity index (χ4v) is 3.11. The molecule has 3 aromatic rings. The molecule has 106 valence electrons. The molecule has 1 fully saturated rings. The van der Waals surface area contributed by atoms with E-state index in [1.54, 1.807) is 11.8 Å². The molecule has 1 aliphatic carbocycles. The van der Waals surface area contributed by atoms with E-state index in [-0.39, 0.29) is 0 Å². The van der Waals surface area contributed by atoms with E-state index < -0.39 is 0 Å². The summed E-state index contributed by atoms with van der Waals surface area (Å²) in [5.41, 5.74) is 1.11. The van der Waals surface area contributed by atoms with Crippen molar-refractivity contribution in [1.82, 2.24) is 29.8 Å². The lowest BCUT2D eigenvalue weighted by Gasteiger charge is -2.07. The molecule has 0 spiro atoms. The Morgan fingerprint density at radius 1 is 1.19 bits per heavy atom. The summed E-state index contributed by atoms with van der Waals surface area (Å²) in [4.78, 5) is 4.43. The van der Waals surface area contributed by atoms with E-state index in [1.807, 2.05) is 35.3 Å². The smallest absolute Gasteiger partial charge is 0.173 e. The number of hydrogen-bond donors (Lipinski definition) is 0. The van der Waals surface area contributed by atoms with Gasteiger partial charge in [0.2, 0.25) is 0 Å². The molecular weight excluding hydrogens is 284 g/mol. The van der Waals surface area contributed by atoms with Gasteiger partial charge in [-0.05, 0) is 35.4 Å². The van der Waals surface area contributed by atoms with Crippen molar-refractivity contribution >= 4 is 11.8 Å². The minimum absolute atomic E-state index is 0.504. The van der Waals surface area contributed by atoms with Gasteiger partial charge in [-0.2, -0.15) is 0 Å². The first-order valence-electron chi connectivity index (χ1n) is 6.90. The van der Waals surface area contributed by atoms with Gasteiger partial charge in [-0.25, -0.2) is 9.67 Å². The van der Waals surface area contributed by atoms with Crippen molar-refractivity contribution in [3.8, 4) is 5.69 Å². The molecule has 0 bridgehead atoms. The second-order valence-corrected chi connectivity index (χ2v) is 5.92. The highest BCUT2D eigenvalue weighted by atomic mass is 32.2. The van der Waals surface area contributed by atoms with E-state index in [2.05, 4.69) is 37.2 Å². The number of aromatic nitrogens is 6. The summed E-state index contributed by atoms with van der Waals surface area (Å²) in [7, 11) is 0. The monoisotopic (exact) mass is 298 g/mol. The van der Waals surface area contributed by atoms with Crippen molar-refractivity contribution in [2.24, 2.45) is 0 Å². The zero-order valence-corrected chi connectivity index (χ0v) is 12.1. The zero-order chi connectivity index (χ0) is 14.1. The molecular formula is C14H14N6S. The molecule has 0 aliphatic heterocycles. The van der Waals surface area contributed by atoms with Crippen LogP contribution in [0.2, 0.25) is 0 Å². The van der Waals surface area contributed by atoms with Gasteiger partial charge in [-0.1, -0.05) is 30.0 Å². The molecule has 1 aliphatic rings. The number of tetrazole rings is 1. The van der Waals surface area contributed by atoms with Crippen molar-refractivity contribution in [3.63, 3.8) is 0 Å². The lowest BCUT2D eigenvalue weighted by Crippen LogP contribution is -2.03. The molecule has 6 nitrogen and oxygen atoms in total. The van der Waals surface area contributed by atoms with Gasteiger partial charge in [-0.3, -0.25) is 4.57 Å². The standard InChI is InChI=1S/C14H14N6S/c1-2-4-11(5-3-1)19-9-8-15-14(19)21-10-13-16-17-18-20(13)12-6-7-12/h1-5,8-9,12H,6-7,10H2. The Labute approximate surface area is 126 Å². The number of thioether (sulfide) groups is 1. The van der Waals surface area contributed by atoms with Crippen LogP contribution < -0.4 is 0 Å². The highest BCUT2D eigenvalue weighted by molar-refractivity contribution is 7.98. The van der Waals surface area contributed by atoms with Crippen LogP contribution in [0.1, 0.15) is 24.7 Å². The van der Waals surface area contributed by atoms with Crippen LogP contribution in [0.25, 0.3) is 5.69 Å². The van der Waals surface area contributed by atoms with Gasteiger partial charge in [0.25, 0.3) is 0 Å². The summed E-state index contributed by atoms with van der Waals surface area (Å²) in [6.07, 6.45) is 6.16. The van der Waals surface area contributed by atoms with E-state index in [4.69, 9.17) is 0 Å². The molecule has 0 radical (unpaired) electrons. The maximum absolute atomic E-state index is 4.43. The Kier molecular flexibility index (Phi) is 3.19. The molecule has 4 rings (SSSR count). The second kappa shape index (κ2) is 5.33. The number of imidazole rings is 1. The fraction of sp³-hybridized carbons (Fsp3) is 0.286. The molecule has 0 N–H and O–H groups in total. The summed E-state index contributed by atoms with van der Waals surface area (Å²) >= 11 is 1.65. The summed E-state index contributed by atoms with van der Waals surface area (Å²) in [6, 6.07) is 10.7. The SMILES string of the molecule is c1ccc(-n2ccnc2SCc2nnnn2C2CC2)cc1. The molecule has 1 aromatic carbocycles. The average molecular weight is 298 g/mol. The van der Waals surface area contributed by atoms with Crippen molar-refractivity contribution in [2.45, 2.75) is 29.8 Å². The van der Waals surface area contributed by atoms with E-state index >= 15 is 0 Å². The van der Waals surface area contributed by atoms with Gasteiger partial charge >= 0.3 is 0 Å². The van der Waals surface area contributed by atoms with Gasteiger partial charge in [-0.15, -0.1) is 5.10 Å². The van der Waals surface area contributed by atoms with Gasteiger partial charge in [0, 0.05) is 18.1 Å². The predicted octanol–water partition coefficient (Wildman–Crippen LogP) is 2.49. The third-order valence-electron chi connectivity index (χ3n) is 3.43. The minimum atomic E-state index is 0.504. The van der Waals surface area contributed by atoms with Crippen LogP contribution in [0.4, 0.5) is 0 Å². The predicted molar refractivity (Wildman–Crippen MR) is 79.2 cm³/mol. The van der Waals surface area contributed by atoms with Gasteiger partial charge in [0.05, 0.1) is 11.8 Å². The van der Waals surface area contributed by atoms with Crippen molar-refractivity contribution in [1.29, 1.82) is 0 Å². The third-order valence-corrected chi connectivity index (χ3v) is 4.39. The fourth-order valence-electron chi connectivity index (χ4n) is 2.22. The quantitative estimate of drug-likeness (QED) is 0.677. The maximum atomic E-state index is 4.43. The summed E-state index contributed by atoms with van der Waals surface area (Å²) in [6.45, 7) is 0. The first-order chi connectivity index (χ1) is 10.4. The van der Waals surface area contributed by atoms with E-state index in [0.717, 1.165) is 22.4 Å². The second-order valence-electron chi connectivity index (χ2n) is 4.97. The first-order valence-corrected chi connectivity index (χ1v) is 7.89. The first kappa shape index (κ1) is 12.6. The highest BCUT2D eigenvalue weighted by Crippen LogP contribution is 2.35. The number of rotatable bonds is 5. The molecule has 0 saturated heterocycles. The normalized spacial score (nSPS) is 14.5. The van der Waals surface area contributed by atoms with Crippen molar-refractivity contribution < 1.29 is 0 Å². The van der Waals surface area contributed by atoms with Gasteiger partial charge < -0.3 is 0 Å². The highest BCUT2D eigenvalue weighted by Gasteiger charge is 2.27. The Morgan fingerprint density at radius 2 is 2.05 bits per heavy atom. The lowest BCUT2D eigenvalue weighted by atomic mass is 10.3. The number of hydrogen-bond acceptors (Lipinski definition) is 5. The van der Waals surface area contributed by atoms with Gasteiger partial charge in [0.15, 0.2) is 11.0 Å². The average Bonchev–Trinajstić information content (AvgIpc) is 3.09. The minimum Gasteiger partial charge on any atom is -0.295 e. The van der Waals surface area contributed by atoms with Crippen molar-refractivity contribution in [3.05, 3.63) is 48.5 Å². The maximum Gasteiger partial charge on any atom is 0.173 e. The van der Waals surface area contributed by atoms with Crippen LogP contribution in [0, 0.1) is 0 Å². The third kappa shape index (κ3) is 2.56. The largest absolute Gasteiger partial charge is 0.295 e. The summed E-state index contributed by atoms with van der Waals surface area (Å²) < 4.78 is 4.03. The van der Waals surface area contributed by atoms with E-state index in [1.165, 1.54) is 12.8 Å². The Hall–Kier alpha value is -2.15. The lowest BCUT2D eigenvalue weighted by molar-refractivity contribution is 0.593. The van der Waals surface area contributed by atoms with Crippen LogP contribution in [0.5, 0.6) is 0 Å². The van der Waals surface area contributed by atoms with Crippen LogP contribution in [-0.2, 0) is 5.75 Å². The van der Waals surface area contributed by atoms with Crippen LogP contribution in [0.15, 0.2) is 47.9 Å². The zero-order valence-electron chi connectivity index (χ0n) is 11.3. The Balaban J connectivity index is 1.53. The topological polar surface area (TPSA) is 61.4 Å². The molecule has 21 heavy (non-hydrogen) atoms. The van der Waals surface area contributed by atoms with E-state index in [0.29, 0.717) is 6.04 Å². The van der Waals surface area contributed by atoms with Crippen LogP contribution in [-0.4, -0.2) is 29.8 Å². The Bertz CT molecular complexity index is 731. The van der Waals surface area contributed by atoms with Gasteiger partial charge in [0.1, 0.15) is 0 Å². The molecule has 0 atom stereocenters. The van der Waals surface area contributed by atoms with E-state index in [9.17, 15) is 0 Å². The summed E-state index contributed by atoms with van der Waals surface area (Å²) in [5.74, 6) is 1.65. The summed E-state index contributed by atoms with van der Waals surface area (Å²) in [5, 5.41) is 12.9.